The van der Waals surface area contributed by atoms with E-state index in [-0.39, 0.29) is 10.7 Å². The predicted molar refractivity (Wildman–Crippen MR) is 112 cm³/mol. The largest absolute Gasteiger partial charge is 0.493 e. The molecule has 1 amide bonds. The van der Waals surface area contributed by atoms with Crippen LogP contribution in [0.5, 0.6) is 11.5 Å². The topological polar surface area (TPSA) is 132 Å². The average Bonchev–Trinajstić information content (AvgIpc) is 3.02. The molecule has 0 fully saturated rings. The second-order valence-electron chi connectivity index (χ2n) is 6.46. The van der Waals surface area contributed by atoms with Gasteiger partial charge in [-0.05, 0) is 31.2 Å². The molecule has 0 spiro atoms. The van der Waals surface area contributed by atoms with Crippen LogP contribution < -0.4 is 19.5 Å². The molecule has 3 rings (SSSR count). The highest BCUT2D eigenvalue weighted by atomic mass is 32.2. The number of nitrogens with one attached hydrogen (secondary N) is 2. The Morgan fingerprint density at radius 2 is 1.81 bits per heavy atom. The van der Waals surface area contributed by atoms with Gasteiger partial charge in [0.05, 0.1) is 19.1 Å². The van der Waals surface area contributed by atoms with Crippen molar-refractivity contribution in [3.8, 4) is 11.5 Å². The molecule has 0 saturated heterocycles. The van der Waals surface area contributed by atoms with E-state index < -0.39 is 34.5 Å². The van der Waals surface area contributed by atoms with E-state index in [2.05, 4.69) is 15.0 Å². The summed E-state index contributed by atoms with van der Waals surface area (Å²) in [4.78, 5) is 28.5. The Balaban J connectivity index is 1.60. The SMILES string of the molecule is COc1ccc(NC(=O)C(C)OC(=O)CN=C2NS(=O)(=O)c3ccccc32)cc1OC. The standard InChI is InChI=1S/C20H21N3O7S/c1-12(20(25)22-13-8-9-15(28-2)16(10-13)29-3)30-18(24)11-21-19-14-6-4-5-7-17(14)31(26,27)23-19/h4-10,12H,11H2,1-3H3,(H,21,23)(H,22,25). The number of fused-ring (bicyclic) bond motifs is 1. The van der Waals surface area contributed by atoms with E-state index in [4.69, 9.17) is 14.2 Å². The fourth-order valence-electron chi connectivity index (χ4n) is 2.84. The lowest BCUT2D eigenvalue weighted by Crippen LogP contribution is -2.31. The fourth-order valence-corrected chi connectivity index (χ4v) is 4.09. The molecule has 11 heteroatoms. The minimum absolute atomic E-state index is 0.0509. The monoisotopic (exact) mass is 447 g/mol. The van der Waals surface area contributed by atoms with Gasteiger partial charge in [-0.3, -0.25) is 19.3 Å². The minimum Gasteiger partial charge on any atom is -0.493 e. The Morgan fingerprint density at radius 1 is 1.10 bits per heavy atom. The molecule has 1 heterocycles. The van der Waals surface area contributed by atoms with Crippen molar-refractivity contribution in [2.45, 2.75) is 17.9 Å². The molecule has 0 bridgehead atoms. The molecule has 0 saturated carbocycles. The Morgan fingerprint density at radius 3 is 2.52 bits per heavy atom. The van der Waals surface area contributed by atoms with Crippen molar-refractivity contribution in [3.63, 3.8) is 0 Å². The van der Waals surface area contributed by atoms with Gasteiger partial charge in [-0.2, -0.15) is 0 Å². The molecule has 2 N–H and O–H groups in total. The van der Waals surface area contributed by atoms with E-state index in [1.54, 1.807) is 36.4 Å². The summed E-state index contributed by atoms with van der Waals surface area (Å²) in [5.41, 5.74) is 0.803. The van der Waals surface area contributed by atoms with E-state index in [1.807, 2.05) is 0 Å². The molecule has 31 heavy (non-hydrogen) atoms. The van der Waals surface area contributed by atoms with E-state index in [1.165, 1.54) is 27.2 Å². The molecule has 2 aromatic rings. The van der Waals surface area contributed by atoms with Crippen LogP contribution in [0, 0.1) is 0 Å². The lowest BCUT2D eigenvalue weighted by Gasteiger charge is -2.14. The van der Waals surface area contributed by atoms with Gasteiger partial charge in [-0.1, -0.05) is 12.1 Å². The third kappa shape index (κ3) is 4.94. The van der Waals surface area contributed by atoms with Crippen molar-refractivity contribution in [3.05, 3.63) is 48.0 Å². The molecule has 2 aromatic carbocycles. The number of sulfonamides is 1. The summed E-state index contributed by atoms with van der Waals surface area (Å²) in [6.45, 7) is 0.953. The van der Waals surface area contributed by atoms with Gasteiger partial charge >= 0.3 is 5.97 Å². The maximum atomic E-state index is 12.3. The van der Waals surface area contributed by atoms with Gasteiger partial charge in [0, 0.05) is 17.3 Å². The Bertz CT molecular complexity index is 1150. The molecule has 1 atom stereocenters. The smallest absolute Gasteiger partial charge is 0.328 e. The highest BCUT2D eigenvalue weighted by molar-refractivity contribution is 7.90. The molecular weight excluding hydrogens is 426 g/mol. The zero-order valence-corrected chi connectivity index (χ0v) is 17.9. The molecule has 10 nitrogen and oxygen atoms in total. The minimum atomic E-state index is -3.70. The van der Waals surface area contributed by atoms with Crippen LogP contribution in [-0.2, 0) is 24.3 Å². The quantitative estimate of drug-likeness (QED) is 0.612. The summed E-state index contributed by atoms with van der Waals surface area (Å²) in [7, 11) is -0.734. The normalized spacial score (nSPS) is 16.0. The third-order valence-electron chi connectivity index (χ3n) is 4.36. The predicted octanol–water partition coefficient (Wildman–Crippen LogP) is 1.31. The second kappa shape index (κ2) is 9.04. The Hall–Kier alpha value is -3.60. The van der Waals surface area contributed by atoms with Gasteiger partial charge in [0.25, 0.3) is 15.9 Å². The van der Waals surface area contributed by atoms with Gasteiger partial charge in [0.1, 0.15) is 12.4 Å². The molecule has 164 valence electrons. The summed E-state index contributed by atoms with van der Waals surface area (Å²) in [6, 6.07) is 11.1. The number of ether oxygens (including phenoxy) is 3. The van der Waals surface area contributed by atoms with Crippen molar-refractivity contribution >= 4 is 33.4 Å². The highest BCUT2D eigenvalue weighted by Gasteiger charge is 2.30. The third-order valence-corrected chi connectivity index (χ3v) is 5.75. The average molecular weight is 447 g/mol. The molecule has 0 radical (unpaired) electrons. The molecule has 1 aliphatic rings. The van der Waals surface area contributed by atoms with Gasteiger partial charge < -0.3 is 19.5 Å². The zero-order chi connectivity index (χ0) is 22.6. The van der Waals surface area contributed by atoms with Crippen molar-refractivity contribution in [1.82, 2.24) is 4.72 Å². The number of hydrogen-bond acceptors (Lipinski definition) is 8. The fraction of sp³-hybridized carbons (Fsp3) is 0.250. The molecular formula is C20H21N3O7S. The first-order valence-corrected chi connectivity index (χ1v) is 10.6. The first-order chi connectivity index (χ1) is 14.7. The van der Waals surface area contributed by atoms with Crippen molar-refractivity contribution in [2.24, 2.45) is 4.99 Å². The van der Waals surface area contributed by atoms with E-state index >= 15 is 0 Å². The molecule has 0 aliphatic carbocycles. The number of hydrogen-bond donors (Lipinski definition) is 2. The summed E-state index contributed by atoms with van der Waals surface area (Å²) >= 11 is 0. The van der Waals surface area contributed by atoms with E-state index in [9.17, 15) is 18.0 Å². The molecule has 1 unspecified atom stereocenters. The van der Waals surface area contributed by atoms with Crippen molar-refractivity contribution < 1.29 is 32.2 Å². The lowest BCUT2D eigenvalue weighted by molar-refractivity contribution is -0.151. The van der Waals surface area contributed by atoms with E-state index in [0.29, 0.717) is 22.7 Å². The first-order valence-electron chi connectivity index (χ1n) is 9.14. The Labute approximate surface area is 179 Å². The van der Waals surface area contributed by atoms with Gasteiger partial charge in [0.2, 0.25) is 0 Å². The molecule has 0 aromatic heterocycles. The molecule has 1 aliphatic heterocycles. The van der Waals surface area contributed by atoms with Crippen LogP contribution in [0.3, 0.4) is 0 Å². The number of aliphatic imine (C=N–C) groups is 1. The number of carbonyl (C=O) groups excluding carboxylic acids is 2. The summed E-state index contributed by atoms with van der Waals surface area (Å²) in [5.74, 6) is -0.357. The zero-order valence-electron chi connectivity index (χ0n) is 17.0. The van der Waals surface area contributed by atoms with Crippen LogP contribution in [0.4, 0.5) is 5.69 Å². The number of carbonyl (C=O) groups is 2. The summed E-state index contributed by atoms with van der Waals surface area (Å²) < 4.78 is 41.8. The van der Waals surface area contributed by atoms with Crippen LogP contribution >= 0.6 is 0 Å². The maximum Gasteiger partial charge on any atom is 0.328 e. The summed E-state index contributed by atoms with van der Waals surface area (Å²) in [5, 5.41) is 2.61. The lowest BCUT2D eigenvalue weighted by atomic mass is 10.2. The second-order valence-corrected chi connectivity index (χ2v) is 8.11. The van der Waals surface area contributed by atoms with Gasteiger partial charge in [-0.15, -0.1) is 0 Å². The maximum absolute atomic E-state index is 12.3. The van der Waals surface area contributed by atoms with Gasteiger partial charge in [0.15, 0.2) is 17.6 Å². The first kappa shape index (κ1) is 22.1. The number of nitrogens with zero attached hydrogens (tertiary/aromatic N) is 1. The number of benzene rings is 2. The number of methoxy groups -OCH3 is 2. The van der Waals surface area contributed by atoms with Crippen LogP contribution in [0.1, 0.15) is 12.5 Å². The number of amides is 1. The van der Waals surface area contributed by atoms with Crippen LogP contribution in [0.2, 0.25) is 0 Å². The Kier molecular flexibility index (Phi) is 6.44. The number of rotatable bonds is 7. The van der Waals surface area contributed by atoms with Crippen LogP contribution in [-0.4, -0.2) is 53.0 Å². The van der Waals surface area contributed by atoms with Crippen molar-refractivity contribution in [1.29, 1.82) is 0 Å². The van der Waals surface area contributed by atoms with Gasteiger partial charge in [-0.25, -0.2) is 8.42 Å². The van der Waals surface area contributed by atoms with Crippen molar-refractivity contribution in [2.75, 3.05) is 26.1 Å². The highest BCUT2D eigenvalue weighted by Crippen LogP contribution is 2.29. The van der Waals surface area contributed by atoms with Crippen LogP contribution in [0.15, 0.2) is 52.4 Å². The number of esters is 1. The van der Waals surface area contributed by atoms with E-state index in [0.717, 1.165) is 0 Å². The summed E-state index contributed by atoms with van der Waals surface area (Å²) in [6.07, 6.45) is -1.10. The number of anilines is 1. The number of amidine groups is 1. The van der Waals surface area contributed by atoms with Crippen LogP contribution in [0.25, 0.3) is 0 Å².